The molecule has 0 amide bonds. The molecule has 0 atom stereocenters. The minimum Gasteiger partial charge on any atom is -0.385 e. The van der Waals surface area contributed by atoms with Gasteiger partial charge < -0.3 is 15.8 Å². The maximum Gasteiger partial charge on any atom is 0.268 e. The van der Waals surface area contributed by atoms with Crippen molar-refractivity contribution in [3.63, 3.8) is 0 Å². The van der Waals surface area contributed by atoms with E-state index < -0.39 is 0 Å². The Morgan fingerprint density at radius 2 is 2.35 bits per heavy atom. The lowest BCUT2D eigenvalue weighted by Crippen LogP contribution is -2.23. The summed E-state index contributed by atoms with van der Waals surface area (Å²) in [4.78, 5) is 11.7. The van der Waals surface area contributed by atoms with E-state index in [-0.39, 0.29) is 5.56 Å². The third kappa shape index (κ3) is 4.97. The van der Waals surface area contributed by atoms with E-state index in [1.807, 2.05) is 0 Å². The normalized spacial score (nSPS) is 10.5. The summed E-state index contributed by atoms with van der Waals surface area (Å²) in [5, 5.41) is 7.11. The summed E-state index contributed by atoms with van der Waals surface area (Å²) in [6.45, 7) is 2.50. The molecule has 3 N–H and O–H groups in total. The number of methoxy groups -OCH3 is 1. The molecule has 0 radical (unpaired) electrons. The second-order valence-electron chi connectivity index (χ2n) is 3.72. The molecule has 0 bridgehead atoms. The van der Waals surface area contributed by atoms with E-state index in [1.165, 1.54) is 4.68 Å². The van der Waals surface area contributed by atoms with Crippen molar-refractivity contribution in [1.29, 1.82) is 0 Å². The zero-order valence-corrected chi connectivity index (χ0v) is 10.2. The van der Waals surface area contributed by atoms with Gasteiger partial charge in [-0.15, -0.1) is 0 Å². The van der Waals surface area contributed by atoms with Crippen LogP contribution in [0.5, 0.6) is 0 Å². The third-order valence-corrected chi connectivity index (χ3v) is 2.31. The Bertz CT molecular complexity index is 378. The van der Waals surface area contributed by atoms with Crippen LogP contribution in [0.15, 0.2) is 17.1 Å². The SMILES string of the molecule is COCCCCn1ncc(NCCN)cc1=O. The topological polar surface area (TPSA) is 82.2 Å². The molecule has 17 heavy (non-hydrogen) atoms. The second-order valence-corrected chi connectivity index (χ2v) is 3.72. The molecule has 0 fully saturated rings. The van der Waals surface area contributed by atoms with E-state index in [0.29, 0.717) is 31.9 Å². The molecule has 1 aromatic heterocycles. The molecule has 0 saturated carbocycles. The van der Waals surface area contributed by atoms with Crippen molar-refractivity contribution in [2.45, 2.75) is 19.4 Å². The molecule has 0 aliphatic rings. The van der Waals surface area contributed by atoms with Gasteiger partial charge >= 0.3 is 0 Å². The van der Waals surface area contributed by atoms with Crippen molar-refractivity contribution in [3.05, 3.63) is 22.6 Å². The summed E-state index contributed by atoms with van der Waals surface area (Å²) in [5.41, 5.74) is 5.98. The number of ether oxygens (including phenoxy) is 1. The maximum absolute atomic E-state index is 11.7. The Kier molecular flexibility index (Phi) is 6.27. The van der Waals surface area contributed by atoms with E-state index in [9.17, 15) is 4.79 Å². The number of nitrogens with zero attached hydrogens (tertiary/aromatic N) is 2. The van der Waals surface area contributed by atoms with Crippen LogP contribution in [0.4, 0.5) is 5.69 Å². The third-order valence-electron chi connectivity index (χ3n) is 2.31. The van der Waals surface area contributed by atoms with Gasteiger partial charge in [0.15, 0.2) is 0 Å². The Labute approximate surface area is 101 Å². The second kappa shape index (κ2) is 7.81. The lowest BCUT2D eigenvalue weighted by atomic mass is 10.3. The Morgan fingerprint density at radius 3 is 3.00 bits per heavy atom. The fourth-order valence-electron chi connectivity index (χ4n) is 1.42. The van der Waals surface area contributed by atoms with E-state index in [1.54, 1.807) is 19.4 Å². The van der Waals surface area contributed by atoms with Crippen molar-refractivity contribution < 1.29 is 4.74 Å². The zero-order valence-electron chi connectivity index (χ0n) is 10.2. The fraction of sp³-hybridized carbons (Fsp3) is 0.636. The number of aryl methyl sites for hydroxylation is 1. The van der Waals surface area contributed by atoms with E-state index in [0.717, 1.165) is 12.8 Å². The van der Waals surface area contributed by atoms with E-state index in [4.69, 9.17) is 10.5 Å². The molecule has 1 heterocycles. The van der Waals surface area contributed by atoms with Gasteiger partial charge in [-0.2, -0.15) is 5.10 Å². The van der Waals surface area contributed by atoms with Gasteiger partial charge in [0.2, 0.25) is 0 Å². The van der Waals surface area contributed by atoms with Gasteiger partial charge in [-0.1, -0.05) is 0 Å². The van der Waals surface area contributed by atoms with Crippen LogP contribution in [0, 0.1) is 0 Å². The van der Waals surface area contributed by atoms with E-state index >= 15 is 0 Å². The number of aromatic nitrogens is 2. The lowest BCUT2D eigenvalue weighted by Gasteiger charge is -2.07. The molecule has 0 aromatic carbocycles. The maximum atomic E-state index is 11.7. The van der Waals surface area contributed by atoms with Crippen molar-refractivity contribution in [1.82, 2.24) is 9.78 Å². The molecule has 6 nitrogen and oxygen atoms in total. The van der Waals surface area contributed by atoms with Crippen LogP contribution in [0.2, 0.25) is 0 Å². The summed E-state index contributed by atoms with van der Waals surface area (Å²) in [5.74, 6) is 0. The first-order valence-corrected chi connectivity index (χ1v) is 5.78. The van der Waals surface area contributed by atoms with Gasteiger partial charge in [0.05, 0.1) is 11.9 Å². The number of hydrogen-bond acceptors (Lipinski definition) is 5. The van der Waals surface area contributed by atoms with Crippen LogP contribution in [0.25, 0.3) is 0 Å². The highest BCUT2D eigenvalue weighted by atomic mass is 16.5. The quantitative estimate of drug-likeness (QED) is 0.627. The van der Waals surface area contributed by atoms with Crippen LogP contribution in [0.3, 0.4) is 0 Å². The van der Waals surface area contributed by atoms with Crippen molar-refractivity contribution in [2.24, 2.45) is 5.73 Å². The van der Waals surface area contributed by atoms with Gasteiger partial charge in [-0.25, -0.2) is 4.68 Å². The van der Waals surface area contributed by atoms with Crippen LogP contribution >= 0.6 is 0 Å². The van der Waals surface area contributed by atoms with Gasteiger partial charge in [0.1, 0.15) is 0 Å². The first-order chi connectivity index (χ1) is 8.27. The van der Waals surface area contributed by atoms with Crippen LogP contribution in [-0.4, -0.2) is 36.6 Å². The molecule has 0 unspecified atom stereocenters. The average Bonchev–Trinajstić information content (AvgIpc) is 2.34. The highest BCUT2D eigenvalue weighted by molar-refractivity contribution is 5.38. The summed E-state index contributed by atoms with van der Waals surface area (Å²) in [6.07, 6.45) is 3.46. The molecule has 1 rings (SSSR count). The van der Waals surface area contributed by atoms with Gasteiger partial charge in [-0.05, 0) is 12.8 Å². The molecule has 0 aliphatic carbocycles. The smallest absolute Gasteiger partial charge is 0.268 e. The number of hydrogen-bond donors (Lipinski definition) is 2. The highest BCUT2D eigenvalue weighted by Gasteiger charge is 1.99. The monoisotopic (exact) mass is 240 g/mol. The minimum absolute atomic E-state index is 0.0931. The largest absolute Gasteiger partial charge is 0.385 e. The molecule has 0 spiro atoms. The standard InChI is InChI=1S/C11H20N4O2/c1-17-7-3-2-6-15-11(16)8-10(9-14-15)13-5-4-12/h8-9,13H,2-7,12H2,1H3. The number of nitrogens with one attached hydrogen (secondary N) is 1. The van der Waals surface area contributed by atoms with Crippen LogP contribution in [-0.2, 0) is 11.3 Å². The van der Waals surface area contributed by atoms with Gasteiger partial charge in [0.25, 0.3) is 5.56 Å². The summed E-state index contributed by atoms with van der Waals surface area (Å²) >= 11 is 0. The predicted molar refractivity (Wildman–Crippen MR) is 67.2 cm³/mol. The van der Waals surface area contributed by atoms with Gasteiger partial charge in [0, 0.05) is 39.4 Å². The first kappa shape index (κ1) is 13.7. The van der Waals surface area contributed by atoms with Crippen molar-refractivity contribution in [2.75, 3.05) is 32.1 Å². The highest BCUT2D eigenvalue weighted by Crippen LogP contribution is 1.99. The summed E-state index contributed by atoms with van der Waals surface area (Å²) in [7, 11) is 1.67. The minimum atomic E-state index is -0.0931. The number of unbranched alkanes of at least 4 members (excludes halogenated alkanes) is 1. The van der Waals surface area contributed by atoms with Crippen molar-refractivity contribution in [3.8, 4) is 0 Å². The fourth-order valence-corrected chi connectivity index (χ4v) is 1.42. The molecular weight excluding hydrogens is 220 g/mol. The van der Waals surface area contributed by atoms with Crippen LogP contribution in [0.1, 0.15) is 12.8 Å². The average molecular weight is 240 g/mol. The summed E-state index contributed by atoms with van der Waals surface area (Å²) in [6, 6.07) is 1.54. The molecule has 6 heteroatoms. The van der Waals surface area contributed by atoms with Gasteiger partial charge in [-0.3, -0.25) is 4.79 Å². The van der Waals surface area contributed by atoms with Crippen LogP contribution < -0.4 is 16.6 Å². The molecular formula is C11H20N4O2. The number of anilines is 1. The Morgan fingerprint density at radius 1 is 1.53 bits per heavy atom. The molecule has 1 aromatic rings. The zero-order chi connectivity index (χ0) is 12.5. The molecule has 0 aliphatic heterocycles. The lowest BCUT2D eigenvalue weighted by molar-refractivity contribution is 0.190. The number of nitrogens with two attached hydrogens (primary N) is 1. The van der Waals surface area contributed by atoms with E-state index in [2.05, 4.69) is 10.4 Å². The van der Waals surface area contributed by atoms with Crippen molar-refractivity contribution >= 4 is 5.69 Å². The Balaban J connectivity index is 2.48. The molecule has 0 saturated heterocycles. The Hall–Kier alpha value is -1.40. The summed E-state index contributed by atoms with van der Waals surface area (Å²) < 4.78 is 6.41. The first-order valence-electron chi connectivity index (χ1n) is 5.78. The number of rotatable bonds is 8. The molecule has 96 valence electrons. The predicted octanol–water partition coefficient (Wildman–Crippen LogP) is 0.0405.